The minimum absolute atomic E-state index is 0.323. The van der Waals surface area contributed by atoms with Gasteiger partial charge in [0.15, 0.2) is 11.5 Å². The molecule has 1 aliphatic heterocycles. The average molecular weight is 346 g/mol. The number of hydrogen-bond donors (Lipinski definition) is 0. The number of hydrogen-bond acceptors (Lipinski definition) is 6. The first-order valence-electron chi connectivity index (χ1n) is 8.54. The topological polar surface area (TPSA) is 57.0 Å². The molecular formula is C19H26N2O4. The third-order valence-corrected chi connectivity index (χ3v) is 4.95. The van der Waals surface area contributed by atoms with Crippen LogP contribution in [0.1, 0.15) is 41.5 Å². The van der Waals surface area contributed by atoms with Gasteiger partial charge in [-0.2, -0.15) is 0 Å². The third kappa shape index (κ3) is 3.31. The molecule has 0 amide bonds. The lowest BCUT2D eigenvalue weighted by atomic mass is 10.0. The first-order chi connectivity index (χ1) is 12.1. The van der Waals surface area contributed by atoms with Crippen LogP contribution in [0.15, 0.2) is 16.7 Å². The van der Waals surface area contributed by atoms with Gasteiger partial charge in [0.2, 0.25) is 0 Å². The van der Waals surface area contributed by atoms with E-state index < -0.39 is 0 Å². The SMILES string of the molecule is COc1cc(OC)c(OC)cc1CN1CCC[C@H]1c1c(C)noc1C. The lowest BCUT2D eigenvalue weighted by Gasteiger charge is -2.26. The number of nitrogens with zero attached hydrogens (tertiary/aromatic N) is 2. The van der Waals surface area contributed by atoms with E-state index in [-0.39, 0.29) is 0 Å². The maximum Gasteiger partial charge on any atom is 0.164 e. The van der Waals surface area contributed by atoms with E-state index in [1.165, 1.54) is 5.56 Å². The molecule has 25 heavy (non-hydrogen) atoms. The van der Waals surface area contributed by atoms with Gasteiger partial charge in [-0.3, -0.25) is 4.90 Å². The highest BCUT2D eigenvalue weighted by Crippen LogP contribution is 2.40. The van der Waals surface area contributed by atoms with Crippen molar-refractivity contribution in [3.8, 4) is 17.2 Å². The highest BCUT2D eigenvalue weighted by Gasteiger charge is 2.31. The van der Waals surface area contributed by atoms with Crippen LogP contribution in [0.2, 0.25) is 0 Å². The first-order valence-corrected chi connectivity index (χ1v) is 8.54. The summed E-state index contributed by atoms with van der Waals surface area (Å²) in [6, 6.07) is 4.21. The second-order valence-corrected chi connectivity index (χ2v) is 6.39. The van der Waals surface area contributed by atoms with E-state index in [0.29, 0.717) is 17.5 Å². The van der Waals surface area contributed by atoms with E-state index in [0.717, 1.165) is 48.7 Å². The predicted molar refractivity (Wildman–Crippen MR) is 94.5 cm³/mol. The molecular weight excluding hydrogens is 320 g/mol. The van der Waals surface area contributed by atoms with Gasteiger partial charge in [0, 0.05) is 29.8 Å². The maximum absolute atomic E-state index is 5.58. The maximum atomic E-state index is 5.58. The van der Waals surface area contributed by atoms with Gasteiger partial charge in [0.1, 0.15) is 11.5 Å². The van der Waals surface area contributed by atoms with Crippen LogP contribution in [-0.2, 0) is 6.54 Å². The molecule has 3 rings (SSSR count). The Bertz CT molecular complexity index is 722. The van der Waals surface area contributed by atoms with Crippen LogP contribution in [0.4, 0.5) is 0 Å². The average Bonchev–Trinajstić information content (AvgIpc) is 3.20. The number of methoxy groups -OCH3 is 3. The Labute approximate surface area is 148 Å². The van der Waals surface area contributed by atoms with Crippen LogP contribution < -0.4 is 14.2 Å². The van der Waals surface area contributed by atoms with Gasteiger partial charge in [0.05, 0.1) is 27.0 Å². The van der Waals surface area contributed by atoms with Crippen LogP contribution >= 0.6 is 0 Å². The number of aryl methyl sites for hydroxylation is 2. The lowest BCUT2D eigenvalue weighted by molar-refractivity contribution is 0.241. The summed E-state index contributed by atoms with van der Waals surface area (Å²) in [5.74, 6) is 3.11. The molecule has 0 spiro atoms. The predicted octanol–water partition coefficient (Wildman–Crippen LogP) is 3.65. The summed E-state index contributed by atoms with van der Waals surface area (Å²) in [5, 5.41) is 4.12. The standard InChI is InChI=1S/C19H26N2O4/c1-12-19(13(2)25-20-12)15-7-6-8-21(15)11-14-9-17(23-4)18(24-5)10-16(14)22-3/h9-10,15H,6-8,11H2,1-5H3/t15-/m0/s1. The van der Waals surface area contributed by atoms with Crippen LogP contribution in [0.25, 0.3) is 0 Å². The molecule has 1 aromatic heterocycles. The molecule has 6 nitrogen and oxygen atoms in total. The van der Waals surface area contributed by atoms with E-state index in [1.807, 2.05) is 26.0 Å². The molecule has 1 fully saturated rings. The summed E-state index contributed by atoms with van der Waals surface area (Å²) in [4.78, 5) is 2.45. The highest BCUT2D eigenvalue weighted by atomic mass is 16.5. The zero-order valence-electron chi connectivity index (χ0n) is 15.6. The van der Waals surface area contributed by atoms with E-state index >= 15 is 0 Å². The fraction of sp³-hybridized carbons (Fsp3) is 0.526. The van der Waals surface area contributed by atoms with Crippen molar-refractivity contribution >= 4 is 0 Å². The van der Waals surface area contributed by atoms with Crippen molar-refractivity contribution in [2.45, 2.75) is 39.3 Å². The molecule has 1 aromatic carbocycles. The Balaban J connectivity index is 1.91. The van der Waals surface area contributed by atoms with Gasteiger partial charge < -0.3 is 18.7 Å². The normalized spacial score (nSPS) is 17.7. The van der Waals surface area contributed by atoms with E-state index in [2.05, 4.69) is 10.1 Å². The molecule has 0 unspecified atom stereocenters. The first kappa shape index (κ1) is 17.6. The molecule has 0 aliphatic carbocycles. The smallest absolute Gasteiger partial charge is 0.164 e. The van der Waals surface area contributed by atoms with Gasteiger partial charge in [0.25, 0.3) is 0 Å². The number of ether oxygens (including phenoxy) is 3. The van der Waals surface area contributed by atoms with Gasteiger partial charge >= 0.3 is 0 Å². The zero-order valence-corrected chi connectivity index (χ0v) is 15.6. The Morgan fingerprint density at radius 1 is 1.08 bits per heavy atom. The van der Waals surface area contributed by atoms with Crippen LogP contribution in [0, 0.1) is 13.8 Å². The number of rotatable bonds is 6. The molecule has 0 bridgehead atoms. The van der Waals surface area contributed by atoms with Crippen LogP contribution in [0.3, 0.4) is 0 Å². The Hall–Kier alpha value is -2.21. The molecule has 2 aromatic rings. The van der Waals surface area contributed by atoms with E-state index in [1.54, 1.807) is 21.3 Å². The molecule has 0 saturated carbocycles. The van der Waals surface area contributed by atoms with Crippen molar-refractivity contribution in [2.75, 3.05) is 27.9 Å². The van der Waals surface area contributed by atoms with Crippen molar-refractivity contribution in [2.24, 2.45) is 0 Å². The van der Waals surface area contributed by atoms with Crippen molar-refractivity contribution in [1.82, 2.24) is 10.1 Å². The third-order valence-electron chi connectivity index (χ3n) is 4.95. The molecule has 2 heterocycles. The van der Waals surface area contributed by atoms with Gasteiger partial charge in [-0.25, -0.2) is 0 Å². The largest absolute Gasteiger partial charge is 0.496 e. The van der Waals surface area contributed by atoms with Gasteiger partial charge in [-0.1, -0.05) is 5.16 Å². The Morgan fingerprint density at radius 3 is 2.36 bits per heavy atom. The Morgan fingerprint density at radius 2 is 1.76 bits per heavy atom. The highest BCUT2D eigenvalue weighted by molar-refractivity contribution is 5.50. The van der Waals surface area contributed by atoms with Crippen molar-refractivity contribution in [3.05, 3.63) is 34.7 Å². The van der Waals surface area contributed by atoms with E-state index in [4.69, 9.17) is 18.7 Å². The summed E-state index contributed by atoms with van der Waals surface area (Å²) in [6.07, 6.45) is 2.27. The van der Waals surface area contributed by atoms with Crippen LogP contribution in [-0.4, -0.2) is 37.9 Å². The van der Waals surface area contributed by atoms with Gasteiger partial charge in [-0.15, -0.1) is 0 Å². The molecule has 1 atom stereocenters. The van der Waals surface area contributed by atoms with E-state index in [9.17, 15) is 0 Å². The minimum Gasteiger partial charge on any atom is -0.496 e. The van der Waals surface area contributed by atoms with Crippen molar-refractivity contribution < 1.29 is 18.7 Å². The fourth-order valence-corrected chi connectivity index (χ4v) is 3.74. The van der Waals surface area contributed by atoms with Crippen molar-refractivity contribution in [3.63, 3.8) is 0 Å². The summed E-state index contributed by atoms with van der Waals surface area (Å²) in [7, 11) is 4.96. The second-order valence-electron chi connectivity index (χ2n) is 6.39. The van der Waals surface area contributed by atoms with Crippen molar-refractivity contribution in [1.29, 1.82) is 0 Å². The summed E-state index contributed by atoms with van der Waals surface area (Å²) >= 11 is 0. The number of benzene rings is 1. The molecule has 0 radical (unpaired) electrons. The molecule has 136 valence electrons. The number of aromatic nitrogens is 1. The summed E-state index contributed by atoms with van der Waals surface area (Å²) < 4.78 is 21.8. The Kier molecular flexibility index (Phi) is 5.18. The van der Waals surface area contributed by atoms with Gasteiger partial charge in [-0.05, 0) is 39.3 Å². The summed E-state index contributed by atoms with van der Waals surface area (Å²) in [6.45, 7) is 5.81. The summed E-state index contributed by atoms with van der Waals surface area (Å²) in [5.41, 5.74) is 3.28. The molecule has 1 saturated heterocycles. The van der Waals surface area contributed by atoms with Crippen LogP contribution in [0.5, 0.6) is 17.2 Å². The minimum atomic E-state index is 0.323. The monoisotopic (exact) mass is 346 g/mol. The number of likely N-dealkylation sites (tertiary alicyclic amines) is 1. The second kappa shape index (κ2) is 7.35. The lowest BCUT2D eigenvalue weighted by Crippen LogP contribution is -2.23. The zero-order chi connectivity index (χ0) is 18.0. The molecule has 6 heteroatoms. The fourth-order valence-electron chi connectivity index (χ4n) is 3.74. The molecule has 1 aliphatic rings. The quantitative estimate of drug-likeness (QED) is 0.796. The molecule has 0 N–H and O–H groups in total.